The number of ether oxygens (including phenoxy) is 1. The molecule has 0 radical (unpaired) electrons. The second-order valence-corrected chi connectivity index (χ2v) is 5.00. The topological polar surface area (TPSA) is 9.23 Å². The van der Waals surface area contributed by atoms with E-state index in [-0.39, 0.29) is 0 Å². The van der Waals surface area contributed by atoms with Crippen molar-refractivity contribution in [2.45, 2.75) is 51.5 Å². The number of hydrogen-bond acceptors (Lipinski definition) is 1. The zero-order valence-electron chi connectivity index (χ0n) is 8.64. The van der Waals surface area contributed by atoms with Gasteiger partial charge in [0.15, 0.2) is 0 Å². The molecule has 0 spiro atoms. The van der Waals surface area contributed by atoms with Crippen molar-refractivity contribution < 1.29 is 4.74 Å². The van der Waals surface area contributed by atoms with E-state index >= 15 is 0 Å². The Kier molecular flexibility index (Phi) is 7.16. The van der Waals surface area contributed by atoms with Crippen LogP contribution < -0.4 is 0 Å². The quantitative estimate of drug-likeness (QED) is 0.641. The fraction of sp³-hybridized carbons (Fsp3) is 1.00. The Morgan fingerprint density at radius 2 is 1.83 bits per heavy atom. The molecule has 2 atom stereocenters. The van der Waals surface area contributed by atoms with E-state index in [4.69, 9.17) is 4.74 Å². The fourth-order valence-corrected chi connectivity index (χ4v) is 1.85. The van der Waals surface area contributed by atoms with Crippen molar-refractivity contribution in [2.75, 3.05) is 6.61 Å². The van der Waals surface area contributed by atoms with E-state index in [1.165, 1.54) is 12.8 Å². The van der Waals surface area contributed by atoms with Crippen LogP contribution in [-0.4, -0.2) is 17.5 Å². The predicted octanol–water partition coefficient (Wildman–Crippen LogP) is 3.61. The molecule has 0 aliphatic rings. The van der Waals surface area contributed by atoms with Crippen LogP contribution in [0.2, 0.25) is 0 Å². The van der Waals surface area contributed by atoms with Crippen molar-refractivity contribution >= 4 is 15.9 Å². The summed E-state index contributed by atoms with van der Waals surface area (Å²) in [6, 6.07) is 0. The Bertz CT molecular complexity index is 102. The maximum atomic E-state index is 5.50. The van der Waals surface area contributed by atoms with Crippen molar-refractivity contribution in [1.82, 2.24) is 0 Å². The number of rotatable bonds is 6. The van der Waals surface area contributed by atoms with E-state index < -0.39 is 0 Å². The van der Waals surface area contributed by atoms with E-state index in [2.05, 4.69) is 43.6 Å². The van der Waals surface area contributed by atoms with Crippen molar-refractivity contribution in [3.8, 4) is 0 Å². The summed E-state index contributed by atoms with van der Waals surface area (Å²) in [7, 11) is 0. The summed E-state index contributed by atoms with van der Waals surface area (Å²) in [4.78, 5) is 0.610. The Labute approximate surface area is 85.0 Å². The highest BCUT2D eigenvalue weighted by Crippen LogP contribution is 2.19. The summed E-state index contributed by atoms with van der Waals surface area (Å²) < 4.78 is 5.50. The summed E-state index contributed by atoms with van der Waals surface area (Å²) >= 11 is 3.61. The van der Waals surface area contributed by atoms with Gasteiger partial charge in [0.05, 0.1) is 6.10 Å². The molecule has 0 aliphatic carbocycles. The van der Waals surface area contributed by atoms with Gasteiger partial charge in [-0.15, -0.1) is 0 Å². The molecule has 0 aromatic rings. The molecule has 0 bridgehead atoms. The predicted molar refractivity (Wildman–Crippen MR) is 57.9 cm³/mol. The van der Waals surface area contributed by atoms with Gasteiger partial charge in [-0.3, -0.25) is 0 Å². The minimum atomic E-state index is 0.369. The molecule has 0 amide bonds. The van der Waals surface area contributed by atoms with E-state index in [1.807, 2.05) is 0 Å². The summed E-state index contributed by atoms with van der Waals surface area (Å²) in [5, 5.41) is 0. The molecule has 74 valence electrons. The van der Waals surface area contributed by atoms with Gasteiger partial charge in [-0.1, -0.05) is 36.2 Å². The number of hydrogen-bond donors (Lipinski definition) is 0. The molecule has 0 heterocycles. The molecule has 0 aromatic carbocycles. The molecule has 12 heavy (non-hydrogen) atoms. The van der Waals surface area contributed by atoms with Crippen LogP contribution in [0.4, 0.5) is 0 Å². The molecule has 0 saturated heterocycles. The minimum Gasteiger partial charge on any atom is -0.379 e. The molecule has 0 rings (SSSR count). The third-order valence-electron chi connectivity index (χ3n) is 2.11. The Balaban J connectivity index is 3.45. The largest absolute Gasteiger partial charge is 0.379 e. The van der Waals surface area contributed by atoms with Crippen LogP contribution in [0, 0.1) is 5.92 Å². The van der Waals surface area contributed by atoms with Gasteiger partial charge in [0.25, 0.3) is 0 Å². The Morgan fingerprint density at radius 1 is 1.25 bits per heavy atom. The first-order valence-corrected chi connectivity index (χ1v) is 5.75. The summed E-state index contributed by atoms with van der Waals surface area (Å²) in [5.41, 5.74) is 0. The van der Waals surface area contributed by atoms with Gasteiger partial charge < -0.3 is 4.74 Å². The minimum absolute atomic E-state index is 0.369. The number of alkyl halides is 1. The van der Waals surface area contributed by atoms with E-state index in [9.17, 15) is 0 Å². The second-order valence-electron chi connectivity index (χ2n) is 3.55. The van der Waals surface area contributed by atoms with Gasteiger partial charge in [0.2, 0.25) is 0 Å². The Hall–Kier alpha value is 0.440. The molecule has 0 aliphatic heterocycles. The molecule has 2 heteroatoms. The first kappa shape index (κ1) is 12.4. The molecule has 0 N–H and O–H groups in total. The fourth-order valence-electron chi connectivity index (χ4n) is 1.21. The molecule has 0 saturated carbocycles. The third kappa shape index (κ3) is 6.01. The smallest absolute Gasteiger partial charge is 0.0518 e. The standard InChI is InChI=1S/C10H21BrO/c1-5-10(9(4)11)6-7-12-8(2)3/h8-10H,5-7H2,1-4H3. The van der Waals surface area contributed by atoms with Gasteiger partial charge in [-0.05, 0) is 26.2 Å². The highest BCUT2D eigenvalue weighted by atomic mass is 79.9. The first-order valence-electron chi connectivity index (χ1n) is 4.83. The van der Waals surface area contributed by atoms with Crippen molar-refractivity contribution in [3.63, 3.8) is 0 Å². The van der Waals surface area contributed by atoms with Crippen LogP contribution in [0.3, 0.4) is 0 Å². The lowest BCUT2D eigenvalue weighted by molar-refractivity contribution is 0.0682. The lowest BCUT2D eigenvalue weighted by Gasteiger charge is -2.18. The van der Waals surface area contributed by atoms with Crippen molar-refractivity contribution in [1.29, 1.82) is 0 Å². The van der Waals surface area contributed by atoms with Gasteiger partial charge in [0.1, 0.15) is 0 Å². The summed E-state index contributed by atoms with van der Waals surface area (Å²) in [6.45, 7) is 9.50. The zero-order chi connectivity index (χ0) is 9.56. The van der Waals surface area contributed by atoms with Crippen LogP contribution in [0.25, 0.3) is 0 Å². The highest BCUT2D eigenvalue weighted by Gasteiger charge is 2.11. The zero-order valence-corrected chi connectivity index (χ0v) is 10.2. The van der Waals surface area contributed by atoms with Crippen LogP contribution >= 0.6 is 15.9 Å². The first-order chi connectivity index (χ1) is 5.57. The molecule has 1 nitrogen and oxygen atoms in total. The van der Waals surface area contributed by atoms with Crippen LogP contribution in [0.5, 0.6) is 0 Å². The summed E-state index contributed by atoms with van der Waals surface area (Å²) in [5.74, 6) is 0.753. The SMILES string of the molecule is CCC(CCOC(C)C)C(C)Br. The Morgan fingerprint density at radius 3 is 2.17 bits per heavy atom. The summed E-state index contributed by atoms with van der Waals surface area (Å²) in [6.07, 6.45) is 2.77. The lowest BCUT2D eigenvalue weighted by atomic mass is 10.0. The van der Waals surface area contributed by atoms with Gasteiger partial charge in [-0.2, -0.15) is 0 Å². The highest BCUT2D eigenvalue weighted by molar-refractivity contribution is 9.09. The average molecular weight is 237 g/mol. The molecule has 0 aromatic heterocycles. The van der Waals surface area contributed by atoms with Crippen molar-refractivity contribution in [2.24, 2.45) is 5.92 Å². The van der Waals surface area contributed by atoms with Crippen LogP contribution in [-0.2, 0) is 4.74 Å². The molecule has 0 fully saturated rings. The van der Waals surface area contributed by atoms with Gasteiger partial charge in [-0.25, -0.2) is 0 Å². The normalized spacial score (nSPS) is 16.5. The van der Waals surface area contributed by atoms with Crippen LogP contribution in [0.15, 0.2) is 0 Å². The maximum Gasteiger partial charge on any atom is 0.0518 e. The second kappa shape index (κ2) is 6.90. The molecular weight excluding hydrogens is 216 g/mol. The van der Waals surface area contributed by atoms with Crippen LogP contribution in [0.1, 0.15) is 40.5 Å². The van der Waals surface area contributed by atoms with Crippen molar-refractivity contribution in [3.05, 3.63) is 0 Å². The maximum absolute atomic E-state index is 5.50. The molecular formula is C10H21BrO. The molecule has 2 unspecified atom stereocenters. The van der Waals surface area contributed by atoms with E-state index in [0.717, 1.165) is 12.5 Å². The monoisotopic (exact) mass is 236 g/mol. The average Bonchev–Trinajstić information content (AvgIpc) is 1.96. The lowest BCUT2D eigenvalue weighted by Crippen LogP contribution is -2.14. The van der Waals surface area contributed by atoms with Gasteiger partial charge in [0, 0.05) is 11.4 Å². The third-order valence-corrected chi connectivity index (χ3v) is 2.86. The van der Waals surface area contributed by atoms with E-state index in [0.29, 0.717) is 10.9 Å². The van der Waals surface area contributed by atoms with Gasteiger partial charge >= 0.3 is 0 Å². The number of halogens is 1. The van der Waals surface area contributed by atoms with E-state index in [1.54, 1.807) is 0 Å².